The molecule has 7 nitrogen and oxygen atoms in total. The van der Waals surface area contributed by atoms with E-state index < -0.39 is 0 Å². The SMILES string of the molecule is O=C(NCc1noc(C2CCCO2)n1)N1CCSCC1. The average Bonchev–Trinajstić information content (AvgIpc) is 3.16. The lowest BCUT2D eigenvalue weighted by Gasteiger charge is -2.26. The number of rotatable bonds is 3. The largest absolute Gasteiger partial charge is 0.368 e. The molecule has 0 bridgehead atoms. The molecule has 0 saturated carbocycles. The summed E-state index contributed by atoms with van der Waals surface area (Å²) < 4.78 is 10.7. The third-order valence-electron chi connectivity index (χ3n) is 3.38. The lowest BCUT2D eigenvalue weighted by Crippen LogP contribution is -2.44. The molecule has 2 aliphatic rings. The zero-order valence-corrected chi connectivity index (χ0v) is 12.0. The van der Waals surface area contributed by atoms with Gasteiger partial charge in [0, 0.05) is 31.2 Å². The summed E-state index contributed by atoms with van der Waals surface area (Å²) in [6, 6.07) is -0.0613. The van der Waals surface area contributed by atoms with Crippen LogP contribution in [0.5, 0.6) is 0 Å². The first-order chi connectivity index (χ1) is 9.83. The minimum Gasteiger partial charge on any atom is -0.368 e. The summed E-state index contributed by atoms with van der Waals surface area (Å²) in [6.07, 6.45) is 1.86. The van der Waals surface area contributed by atoms with Crippen LogP contribution < -0.4 is 5.32 Å². The highest BCUT2D eigenvalue weighted by atomic mass is 32.2. The molecule has 1 atom stereocenters. The molecule has 0 radical (unpaired) electrons. The number of urea groups is 1. The second kappa shape index (κ2) is 6.45. The van der Waals surface area contributed by atoms with Crippen LogP contribution in [0.25, 0.3) is 0 Å². The van der Waals surface area contributed by atoms with Crippen LogP contribution in [0.1, 0.15) is 30.7 Å². The van der Waals surface area contributed by atoms with Crippen LogP contribution in [-0.2, 0) is 11.3 Å². The second-order valence-electron chi connectivity index (χ2n) is 4.81. The third-order valence-corrected chi connectivity index (χ3v) is 4.33. The Morgan fingerprint density at radius 1 is 1.45 bits per heavy atom. The van der Waals surface area contributed by atoms with Crippen LogP contribution in [0.3, 0.4) is 0 Å². The van der Waals surface area contributed by atoms with E-state index in [4.69, 9.17) is 9.26 Å². The molecule has 2 aliphatic heterocycles. The molecule has 1 N–H and O–H groups in total. The minimum absolute atomic E-state index is 0.0613. The molecule has 2 amide bonds. The number of carbonyl (C=O) groups excluding carboxylic acids is 1. The van der Waals surface area contributed by atoms with Gasteiger partial charge in [-0.2, -0.15) is 16.7 Å². The van der Waals surface area contributed by atoms with Crippen molar-refractivity contribution in [1.82, 2.24) is 20.4 Å². The normalized spacial score (nSPS) is 23.0. The van der Waals surface area contributed by atoms with Gasteiger partial charge in [-0.1, -0.05) is 5.16 Å². The van der Waals surface area contributed by atoms with Gasteiger partial charge in [0.15, 0.2) is 5.82 Å². The third kappa shape index (κ3) is 3.24. The molecule has 8 heteroatoms. The highest BCUT2D eigenvalue weighted by Gasteiger charge is 2.24. The molecule has 1 aromatic rings. The van der Waals surface area contributed by atoms with Gasteiger partial charge in [-0.15, -0.1) is 0 Å². The van der Waals surface area contributed by atoms with Crippen molar-refractivity contribution in [2.24, 2.45) is 0 Å². The number of ether oxygens (including phenoxy) is 1. The van der Waals surface area contributed by atoms with Gasteiger partial charge in [0.25, 0.3) is 5.89 Å². The Labute approximate surface area is 121 Å². The van der Waals surface area contributed by atoms with Crippen LogP contribution in [0, 0.1) is 0 Å². The van der Waals surface area contributed by atoms with Gasteiger partial charge < -0.3 is 19.5 Å². The van der Waals surface area contributed by atoms with E-state index in [2.05, 4.69) is 15.5 Å². The minimum atomic E-state index is -0.0777. The second-order valence-corrected chi connectivity index (χ2v) is 6.03. The van der Waals surface area contributed by atoms with Crippen LogP contribution in [0.2, 0.25) is 0 Å². The van der Waals surface area contributed by atoms with Gasteiger partial charge in [0.2, 0.25) is 0 Å². The predicted molar refractivity (Wildman–Crippen MR) is 73.4 cm³/mol. The highest BCUT2D eigenvalue weighted by Crippen LogP contribution is 2.26. The molecule has 0 aromatic carbocycles. The quantitative estimate of drug-likeness (QED) is 0.902. The lowest BCUT2D eigenvalue weighted by atomic mass is 10.2. The lowest BCUT2D eigenvalue weighted by molar-refractivity contribution is 0.0835. The molecule has 0 spiro atoms. The maximum atomic E-state index is 11.9. The molecule has 3 heterocycles. The van der Waals surface area contributed by atoms with Gasteiger partial charge in [-0.05, 0) is 12.8 Å². The fourth-order valence-electron chi connectivity index (χ4n) is 2.28. The Morgan fingerprint density at radius 2 is 2.30 bits per heavy atom. The fraction of sp³-hybridized carbons (Fsp3) is 0.750. The van der Waals surface area contributed by atoms with Crippen molar-refractivity contribution in [3.8, 4) is 0 Å². The van der Waals surface area contributed by atoms with Crippen molar-refractivity contribution in [3.05, 3.63) is 11.7 Å². The molecule has 2 saturated heterocycles. The molecule has 1 aromatic heterocycles. The van der Waals surface area contributed by atoms with E-state index >= 15 is 0 Å². The Kier molecular flexibility index (Phi) is 4.41. The van der Waals surface area contributed by atoms with Crippen LogP contribution in [0.15, 0.2) is 4.52 Å². The van der Waals surface area contributed by atoms with E-state index in [0.717, 1.165) is 44.0 Å². The summed E-state index contributed by atoms with van der Waals surface area (Å²) >= 11 is 1.87. The number of carbonyl (C=O) groups is 1. The smallest absolute Gasteiger partial charge is 0.317 e. The van der Waals surface area contributed by atoms with E-state index in [1.807, 2.05) is 16.7 Å². The van der Waals surface area contributed by atoms with Crippen molar-refractivity contribution in [2.75, 3.05) is 31.2 Å². The summed E-state index contributed by atoms with van der Waals surface area (Å²) in [5.41, 5.74) is 0. The fourth-order valence-corrected chi connectivity index (χ4v) is 3.18. The number of hydrogen-bond donors (Lipinski definition) is 1. The van der Waals surface area contributed by atoms with Gasteiger partial charge in [-0.25, -0.2) is 4.79 Å². The van der Waals surface area contributed by atoms with Gasteiger partial charge in [-0.3, -0.25) is 0 Å². The van der Waals surface area contributed by atoms with E-state index in [9.17, 15) is 4.79 Å². The van der Waals surface area contributed by atoms with Crippen LogP contribution >= 0.6 is 11.8 Å². The number of thioether (sulfide) groups is 1. The van der Waals surface area contributed by atoms with Crippen molar-refractivity contribution in [2.45, 2.75) is 25.5 Å². The van der Waals surface area contributed by atoms with E-state index in [1.54, 1.807) is 0 Å². The summed E-state index contributed by atoms with van der Waals surface area (Å²) in [5, 5.41) is 6.70. The summed E-state index contributed by atoms with van der Waals surface area (Å²) in [6.45, 7) is 2.62. The molecule has 3 rings (SSSR count). The molecule has 2 fully saturated rings. The van der Waals surface area contributed by atoms with Crippen molar-refractivity contribution in [3.63, 3.8) is 0 Å². The molecule has 20 heavy (non-hydrogen) atoms. The molecule has 110 valence electrons. The zero-order chi connectivity index (χ0) is 13.8. The first-order valence-electron chi connectivity index (χ1n) is 6.87. The first kappa shape index (κ1) is 13.7. The van der Waals surface area contributed by atoms with Crippen LogP contribution in [-0.4, -0.2) is 52.3 Å². The van der Waals surface area contributed by atoms with E-state index in [-0.39, 0.29) is 12.1 Å². The topological polar surface area (TPSA) is 80.5 Å². The van der Waals surface area contributed by atoms with Crippen molar-refractivity contribution in [1.29, 1.82) is 0 Å². The summed E-state index contributed by atoms with van der Waals surface area (Å²) in [5.74, 6) is 3.01. The van der Waals surface area contributed by atoms with Crippen molar-refractivity contribution < 1.29 is 14.1 Å². The summed E-state index contributed by atoms with van der Waals surface area (Å²) in [7, 11) is 0. The first-order valence-corrected chi connectivity index (χ1v) is 8.03. The Hall–Kier alpha value is -1.28. The molecule has 1 unspecified atom stereocenters. The average molecular weight is 298 g/mol. The van der Waals surface area contributed by atoms with E-state index in [1.165, 1.54) is 0 Å². The van der Waals surface area contributed by atoms with Gasteiger partial charge >= 0.3 is 6.03 Å². The Bertz CT molecular complexity index is 455. The Balaban J connectivity index is 1.49. The van der Waals surface area contributed by atoms with Crippen LogP contribution in [0.4, 0.5) is 4.79 Å². The molecular weight excluding hydrogens is 280 g/mol. The van der Waals surface area contributed by atoms with E-state index in [0.29, 0.717) is 18.3 Å². The van der Waals surface area contributed by atoms with Crippen molar-refractivity contribution >= 4 is 17.8 Å². The number of aromatic nitrogens is 2. The monoisotopic (exact) mass is 298 g/mol. The predicted octanol–water partition coefficient (Wildman–Crippen LogP) is 1.18. The number of amides is 2. The Morgan fingerprint density at radius 3 is 3.05 bits per heavy atom. The highest BCUT2D eigenvalue weighted by molar-refractivity contribution is 7.99. The van der Waals surface area contributed by atoms with Gasteiger partial charge in [0.05, 0.1) is 6.54 Å². The maximum Gasteiger partial charge on any atom is 0.317 e. The molecular formula is C12H18N4O3S. The molecule has 0 aliphatic carbocycles. The number of hydrogen-bond acceptors (Lipinski definition) is 6. The zero-order valence-electron chi connectivity index (χ0n) is 11.2. The summed E-state index contributed by atoms with van der Waals surface area (Å²) in [4.78, 5) is 18.0. The van der Waals surface area contributed by atoms with Gasteiger partial charge in [0.1, 0.15) is 6.10 Å². The maximum absolute atomic E-state index is 11.9. The number of nitrogens with one attached hydrogen (secondary N) is 1. The standard InChI is InChI=1S/C12H18N4O3S/c17-12(16-3-6-20-7-4-16)13-8-10-14-11(19-15-10)9-2-1-5-18-9/h9H,1-8H2,(H,13,17). The number of nitrogens with zero attached hydrogens (tertiary/aromatic N) is 3.